The molecule has 0 aliphatic carbocycles. The highest BCUT2D eigenvalue weighted by Gasteiger charge is 2.20. The third-order valence-electron chi connectivity index (χ3n) is 4.61. The van der Waals surface area contributed by atoms with Crippen molar-refractivity contribution < 1.29 is 13.6 Å². The van der Waals surface area contributed by atoms with Gasteiger partial charge in [-0.3, -0.25) is 9.69 Å². The van der Waals surface area contributed by atoms with E-state index in [1.165, 1.54) is 12.1 Å². The van der Waals surface area contributed by atoms with Gasteiger partial charge in [-0.15, -0.1) is 0 Å². The van der Waals surface area contributed by atoms with Crippen LogP contribution in [0.5, 0.6) is 0 Å². The number of rotatable bonds is 6. The first-order chi connectivity index (χ1) is 12.6. The zero-order valence-electron chi connectivity index (χ0n) is 14.6. The summed E-state index contributed by atoms with van der Waals surface area (Å²) < 4.78 is 27.4. The second-order valence-electron chi connectivity index (χ2n) is 6.41. The summed E-state index contributed by atoms with van der Waals surface area (Å²) in [7, 11) is 0. The maximum absolute atomic E-state index is 13.8. The number of anilines is 1. The molecule has 1 heterocycles. The molecule has 1 N–H and O–H groups in total. The number of halogens is 2. The van der Waals surface area contributed by atoms with Gasteiger partial charge in [0.05, 0.1) is 12.2 Å². The van der Waals surface area contributed by atoms with Crippen LogP contribution in [0, 0.1) is 11.6 Å². The van der Waals surface area contributed by atoms with E-state index in [9.17, 15) is 13.6 Å². The highest BCUT2D eigenvalue weighted by molar-refractivity contribution is 5.78. The van der Waals surface area contributed by atoms with E-state index in [1.54, 1.807) is 30.3 Å². The third-order valence-corrected chi connectivity index (χ3v) is 4.61. The van der Waals surface area contributed by atoms with E-state index in [1.807, 2.05) is 11.0 Å². The fourth-order valence-electron chi connectivity index (χ4n) is 3.15. The lowest BCUT2D eigenvalue weighted by atomic mass is 10.1. The monoisotopic (exact) mass is 359 g/mol. The summed E-state index contributed by atoms with van der Waals surface area (Å²) in [5, 5.41) is 2.84. The number of hydrogen-bond acceptors (Lipinski definition) is 3. The van der Waals surface area contributed by atoms with Crippen LogP contribution in [0.15, 0.2) is 48.5 Å². The molecule has 1 amide bonds. The van der Waals surface area contributed by atoms with Gasteiger partial charge < -0.3 is 10.2 Å². The maximum Gasteiger partial charge on any atom is 0.234 e. The molecular weight excluding hydrogens is 336 g/mol. The Morgan fingerprint density at radius 1 is 0.923 bits per heavy atom. The molecular formula is C20H23F2N3O. The van der Waals surface area contributed by atoms with Crippen LogP contribution in [0.3, 0.4) is 0 Å². The average molecular weight is 359 g/mol. The van der Waals surface area contributed by atoms with Gasteiger partial charge >= 0.3 is 0 Å². The van der Waals surface area contributed by atoms with E-state index in [0.717, 1.165) is 0 Å². The van der Waals surface area contributed by atoms with Crippen LogP contribution < -0.4 is 10.2 Å². The lowest BCUT2D eigenvalue weighted by molar-refractivity contribution is -0.122. The zero-order valence-corrected chi connectivity index (χ0v) is 14.6. The van der Waals surface area contributed by atoms with Gasteiger partial charge in [-0.25, -0.2) is 8.78 Å². The summed E-state index contributed by atoms with van der Waals surface area (Å²) in [6, 6.07) is 13.3. The smallest absolute Gasteiger partial charge is 0.234 e. The average Bonchev–Trinajstić information content (AvgIpc) is 2.64. The normalized spacial score (nSPS) is 15.1. The molecule has 0 spiro atoms. The van der Waals surface area contributed by atoms with Crippen molar-refractivity contribution in [1.82, 2.24) is 10.2 Å². The summed E-state index contributed by atoms with van der Waals surface area (Å²) in [6.07, 6.45) is 0.472. The van der Waals surface area contributed by atoms with Crippen molar-refractivity contribution in [3.8, 4) is 0 Å². The topological polar surface area (TPSA) is 35.6 Å². The summed E-state index contributed by atoms with van der Waals surface area (Å²) >= 11 is 0. The molecule has 1 aliphatic rings. The molecule has 138 valence electrons. The first-order valence-corrected chi connectivity index (χ1v) is 8.85. The van der Waals surface area contributed by atoms with Gasteiger partial charge in [-0.1, -0.05) is 30.3 Å². The number of nitrogens with one attached hydrogen (secondary N) is 1. The number of nitrogens with zero attached hydrogens (tertiary/aromatic N) is 2. The summed E-state index contributed by atoms with van der Waals surface area (Å²) in [6.45, 7) is 3.49. The standard InChI is InChI=1S/C20H23F2N3O/c21-17-6-2-1-5-16(17)9-10-23-20(26)15-24-11-13-25(14-12-24)19-8-4-3-7-18(19)22/h1-8H,9-15H2,(H,23,26). The van der Waals surface area contributed by atoms with Crippen molar-refractivity contribution in [2.75, 3.05) is 44.2 Å². The molecule has 2 aromatic rings. The highest BCUT2D eigenvalue weighted by atomic mass is 19.1. The van der Waals surface area contributed by atoms with Crippen molar-refractivity contribution in [2.24, 2.45) is 0 Å². The third kappa shape index (κ3) is 4.79. The van der Waals surface area contributed by atoms with E-state index in [4.69, 9.17) is 0 Å². The van der Waals surface area contributed by atoms with Gasteiger partial charge in [0.2, 0.25) is 5.91 Å². The Hall–Kier alpha value is -2.47. The van der Waals surface area contributed by atoms with Crippen molar-refractivity contribution in [1.29, 1.82) is 0 Å². The molecule has 26 heavy (non-hydrogen) atoms. The van der Waals surface area contributed by atoms with E-state index in [2.05, 4.69) is 10.2 Å². The van der Waals surface area contributed by atoms with Crippen LogP contribution in [-0.2, 0) is 11.2 Å². The Morgan fingerprint density at radius 3 is 2.27 bits per heavy atom. The van der Waals surface area contributed by atoms with Crippen LogP contribution >= 0.6 is 0 Å². The minimum absolute atomic E-state index is 0.0688. The fraction of sp³-hybridized carbons (Fsp3) is 0.350. The van der Waals surface area contributed by atoms with Crippen molar-refractivity contribution in [3.05, 3.63) is 65.7 Å². The predicted octanol–water partition coefficient (Wildman–Crippen LogP) is 2.45. The molecule has 0 bridgehead atoms. The van der Waals surface area contributed by atoms with Crippen LogP contribution in [0.25, 0.3) is 0 Å². The van der Waals surface area contributed by atoms with Gasteiger partial charge in [0.25, 0.3) is 0 Å². The largest absolute Gasteiger partial charge is 0.367 e. The Kier molecular flexibility index (Phi) is 6.17. The summed E-state index contributed by atoms with van der Waals surface area (Å²) in [5.74, 6) is -0.529. The number of carbonyl (C=O) groups excluding carboxylic acids is 1. The Labute approximate surface area is 152 Å². The molecule has 2 aromatic carbocycles. The van der Waals surface area contributed by atoms with Crippen LogP contribution in [0.1, 0.15) is 5.56 Å². The van der Waals surface area contributed by atoms with Gasteiger partial charge in [0.15, 0.2) is 0 Å². The van der Waals surface area contributed by atoms with E-state index in [-0.39, 0.29) is 17.5 Å². The van der Waals surface area contributed by atoms with Gasteiger partial charge in [-0.2, -0.15) is 0 Å². The molecule has 0 saturated carbocycles. The maximum atomic E-state index is 13.8. The second-order valence-corrected chi connectivity index (χ2v) is 6.41. The van der Waals surface area contributed by atoms with E-state index >= 15 is 0 Å². The SMILES string of the molecule is O=C(CN1CCN(c2ccccc2F)CC1)NCCc1ccccc1F. The number of amides is 1. The number of piperazine rings is 1. The van der Waals surface area contributed by atoms with Crippen molar-refractivity contribution >= 4 is 11.6 Å². The summed E-state index contributed by atoms with van der Waals surface area (Å²) in [4.78, 5) is 16.1. The molecule has 0 aromatic heterocycles. The first-order valence-electron chi connectivity index (χ1n) is 8.85. The molecule has 6 heteroatoms. The molecule has 0 radical (unpaired) electrons. The molecule has 0 unspecified atom stereocenters. The fourth-order valence-corrected chi connectivity index (χ4v) is 3.15. The highest BCUT2D eigenvalue weighted by Crippen LogP contribution is 2.19. The van der Waals surface area contributed by atoms with Gasteiger partial charge in [0.1, 0.15) is 11.6 Å². The van der Waals surface area contributed by atoms with Crippen molar-refractivity contribution in [3.63, 3.8) is 0 Å². The molecule has 1 aliphatic heterocycles. The second kappa shape index (κ2) is 8.76. The minimum Gasteiger partial charge on any atom is -0.367 e. The number of benzene rings is 2. The number of carbonyl (C=O) groups is 1. The first kappa shape index (κ1) is 18.3. The molecule has 0 atom stereocenters. The van der Waals surface area contributed by atoms with Crippen LogP contribution in [0.2, 0.25) is 0 Å². The lowest BCUT2D eigenvalue weighted by Crippen LogP contribution is -2.49. The summed E-state index contributed by atoms with van der Waals surface area (Å²) in [5.41, 5.74) is 1.22. The van der Waals surface area contributed by atoms with Gasteiger partial charge in [0, 0.05) is 32.7 Å². The Morgan fingerprint density at radius 2 is 1.58 bits per heavy atom. The van der Waals surface area contributed by atoms with Gasteiger partial charge in [-0.05, 0) is 30.2 Å². The molecule has 1 fully saturated rings. The van der Waals surface area contributed by atoms with Crippen LogP contribution in [0.4, 0.5) is 14.5 Å². The van der Waals surface area contributed by atoms with Crippen LogP contribution in [-0.4, -0.2) is 50.1 Å². The molecule has 4 nitrogen and oxygen atoms in total. The quantitative estimate of drug-likeness (QED) is 0.861. The van der Waals surface area contributed by atoms with E-state index in [0.29, 0.717) is 56.9 Å². The molecule has 3 rings (SSSR count). The number of hydrogen-bond donors (Lipinski definition) is 1. The Bertz CT molecular complexity index is 745. The Balaban J connectivity index is 1.39. The van der Waals surface area contributed by atoms with E-state index < -0.39 is 0 Å². The number of para-hydroxylation sites is 1. The van der Waals surface area contributed by atoms with Crippen molar-refractivity contribution in [2.45, 2.75) is 6.42 Å². The lowest BCUT2D eigenvalue weighted by Gasteiger charge is -2.35. The predicted molar refractivity (Wildman–Crippen MR) is 98.2 cm³/mol. The zero-order chi connectivity index (χ0) is 18.4. The molecule has 1 saturated heterocycles. The minimum atomic E-state index is -0.244.